The molecule has 0 atom stereocenters. The van der Waals surface area contributed by atoms with E-state index in [1.165, 1.54) is 6.07 Å². The number of hydrogen-bond acceptors (Lipinski definition) is 3. The maximum Gasteiger partial charge on any atom is 0.248 e. The minimum atomic E-state index is -0.186. The average molecular weight is 246 g/mol. The van der Waals surface area contributed by atoms with Gasteiger partial charge in [0.25, 0.3) is 0 Å². The second-order valence-corrected chi connectivity index (χ2v) is 4.49. The molecule has 0 radical (unpaired) electrons. The predicted molar refractivity (Wildman–Crippen MR) is 73.0 cm³/mol. The summed E-state index contributed by atoms with van der Waals surface area (Å²) >= 11 is 0. The fraction of sp³-hybridized carbons (Fsp3) is 0.357. The molecule has 2 rings (SSSR count). The van der Waals surface area contributed by atoms with Crippen molar-refractivity contribution in [2.75, 3.05) is 6.54 Å². The van der Waals surface area contributed by atoms with E-state index in [1.807, 2.05) is 19.1 Å². The molecule has 4 nitrogen and oxygen atoms in total. The number of nitrogens with one attached hydrogen (secondary N) is 2. The van der Waals surface area contributed by atoms with E-state index in [4.69, 9.17) is 0 Å². The predicted octanol–water partition coefficient (Wildman–Crippen LogP) is 2.04. The van der Waals surface area contributed by atoms with E-state index in [2.05, 4.69) is 17.2 Å². The number of aryl methyl sites for hydroxylation is 1. The number of rotatable bonds is 4. The van der Waals surface area contributed by atoms with Gasteiger partial charge in [0.15, 0.2) is 0 Å². The molecule has 0 amide bonds. The quantitative estimate of drug-likeness (QED) is 0.723. The van der Waals surface area contributed by atoms with Crippen molar-refractivity contribution in [1.82, 2.24) is 10.3 Å². The van der Waals surface area contributed by atoms with Gasteiger partial charge in [-0.3, -0.25) is 4.79 Å². The van der Waals surface area contributed by atoms with E-state index in [-0.39, 0.29) is 11.3 Å². The number of H-pyrrole nitrogens is 1. The van der Waals surface area contributed by atoms with Crippen molar-refractivity contribution in [3.8, 4) is 5.75 Å². The number of aromatic hydroxyl groups is 1. The van der Waals surface area contributed by atoms with Crippen molar-refractivity contribution in [2.24, 2.45) is 0 Å². The molecule has 3 N–H and O–H groups in total. The van der Waals surface area contributed by atoms with Crippen molar-refractivity contribution in [1.29, 1.82) is 0 Å². The molecular formula is C14H18N2O2. The van der Waals surface area contributed by atoms with Gasteiger partial charge in [-0.25, -0.2) is 0 Å². The fourth-order valence-corrected chi connectivity index (χ4v) is 2.07. The van der Waals surface area contributed by atoms with Crippen LogP contribution in [-0.4, -0.2) is 16.6 Å². The smallest absolute Gasteiger partial charge is 0.248 e. The number of fused-ring (bicyclic) bond motifs is 1. The zero-order valence-corrected chi connectivity index (χ0v) is 10.7. The molecule has 1 heterocycles. The van der Waals surface area contributed by atoms with Crippen LogP contribution in [0.2, 0.25) is 0 Å². The number of benzene rings is 1. The lowest BCUT2D eigenvalue weighted by Crippen LogP contribution is -2.14. The lowest BCUT2D eigenvalue weighted by molar-refractivity contribution is 0.469. The maximum absolute atomic E-state index is 11.4. The van der Waals surface area contributed by atoms with Crippen LogP contribution in [-0.2, 0) is 6.54 Å². The van der Waals surface area contributed by atoms with Crippen LogP contribution in [0.1, 0.15) is 24.5 Å². The van der Waals surface area contributed by atoms with E-state index in [0.29, 0.717) is 12.1 Å². The molecule has 0 aliphatic carbocycles. The summed E-state index contributed by atoms with van der Waals surface area (Å²) in [5, 5.41) is 14.3. The summed E-state index contributed by atoms with van der Waals surface area (Å²) in [5.74, 6) is 0.164. The van der Waals surface area contributed by atoms with E-state index in [1.54, 1.807) is 0 Å². The second kappa shape index (κ2) is 5.23. The highest BCUT2D eigenvalue weighted by molar-refractivity contribution is 5.87. The Morgan fingerprint density at radius 2 is 2.17 bits per heavy atom. The SMILES string of the molecule is CCCNCc1ccc2c(C)cc(=O)[nH]c2c1O. The molecule has 0 saturated carbocycles. The minimum absolute atomic E-state index is 0.164. The zero-order chi connectivity index (χ0) is 13.1. The molecule has 0 fully saturated rings. The Morgan fingerprint density at radius 1 is 1.39 bits per heavy atom. The van der Waals surface area contributed by atoms with E-state index in [0.717, 1.165) is 29.5 Å². The highest BCUT2D eigenvalue weighted by atomic mass is 16.3. The van der Waals surface area contributed by atoms with Crippen LogP contribution in [0.3, 0.4) is 0 Å². The fourth-order valence-electron chi connectivity index (χ4n) is 2.07. The van der Waals surface area contributed by atoms with Gasteiger partial charge in [-0.1, -0.05) is 19.1 Å². The molecule has 0 aliphatic heterocycles. The van der Waals surface area contributed by atoms with Crippen LogP contribution in [0.4, 0.5) is 0 Å². The van der Waals surface area contributed by atoms with Gasteiger partial charge in [0.2, 0.25) is 5.56 Å². The number of phenolic OH excluding ortho intramolecular Hbond substituents is 1. The van der Waals surface area contributed by atoms with Gasteiger partial charge in [0, 0.05) is 23.6 Å². The Labute approximate surface area is 106 Å². The Kier molecular flexibility index (Phi) is 3.67. The molecule has 2 aromatic rings. The summed E-state index contributed by atoms with van der Waals surface area (Å²) in [6, 6.07) is 5.37. The van der Waals surface area contributed by atoms with Crippen LogP contribution in [0.25, 0.3) is 10.9 Å². The molecule has 1 aromatic carbocycles. The van der Waals surface area contributed by atoms with Gasteiger partial charge in [-0.15, -0.1) is 0 Å². The van der Waals surface area contributed by atoms with Crippen LogP contribution in [0.5, 0.6) is 5.75 Å². The largest absolute Gasteiger partial charge is 0.505 e. The molecule has 0 unspecified atom stereocenters. The topological polar surface area (TPSA) is 65.1 Å². The van der Waals surface area contributed by atoms with Crippen molar-refractivity contribution in [2.45, 2.75) is 26.8 Å². The molecule has 0 saturated heterocycles. The van der Waals surface area contributed by atoms with Crippen molar-refractivity contribution < 1.29 is 5.11 Å². The van der Waals surface area contributed by atoms with E-state index in [9.17, 15) is 9.90 Å². The zero-order valence-electron chi connectivity index (χ0n) is 10.7. The standard InChI is InChI=1S/C14H18N2O2/c1-3-6-15-8-10-4-5-11-9(2)7-12(17)16-13(11)14(10)18/h4-5,7,15,18H,3,6,8H2,1-2H3,(H,16,17). The summed E-state index contributed by atoms with van der Waals surface area (Å²) in [4.78, 5) is 14.1. The lowest BCUT2D eigenvalue weighted by atomic mass is 10.1. The van der Waals surface area contributed by atoms with Crippen LogP contribution >= 0.6 is 0 Å². The Hall–Kier alpha value is -1.81. The summed E-state index contributed by atoms with van der Waals surface area (Å²) in [6.45, 7) is 5.47. The van der Waals surface area contributed by atoms with Gasteiger partial charge in [-0.2, -0.15) is 0 Å². The maximum atomic E-state index is 11.4. The summed E-state index contributed by atoms with van der Waals surface area (Å²) in [5.41, 5.74) is 2.01. The monoisotopic (exact) mass is 246 g/mol. The number of phenols is 1. The normalized spacial score (nSPS) is 11.0. The summed E-state index contributed by atoms with van der Waals surface area (Å²) < 4.78 is 0. The third kappa shape index (κ3) is 2.38. The highest BCUT2D eigenvalue weighted by Gasteiger charge is 2.08. The molecular weight excluding hydrogens is 228 g/mol. The Morgan fingerprint density at radius 3 is 2.89 bits per heavy atom. The number of aromatic nitrogens is 1. The van der Waals surface area contributed by atoms with Crippen molar-refractivity contribution >= 4 is 10.9 Å². The van der Waals surface area contributed by atoms with Crippen molar-refractivity contribution in [3.63, 3.8) is 0 Å². The molecule has 0 spiro atoms. The van der Waals surface area contributed by atoms with Crippen LogP contribution < -0.4 is 10.9 Å². The van der Waals surface area contributed by atoms with Crippen molar-refractivity contribution in [3.05, 3.63) is 39.7 Å². The van der Waals surface area contributed by atoms with Gasteiger partial charge >= 0.3 is 0 Å². The van der Waals surface area contributed by atoms with Crippen LogP contribution in [0.15, 0.2) is 23.0 Å². The molecule has 4 heteroatoms. The number of aromatic amines is 1. The molecule has 96 valence electrons. The van der Waals surface area contributed by atoms with E-state index >= 15 is 0 Å². The molecule has 0 aliphatic rings. The van der Waals surface area contributed by atoms with Gasteiger partial charge in [-0.05, 0) is 25.5 Å². The molecule has 1 aromatic heterocycles. The van der Waals surface area contributed by atoms with Gasteiger partial charge < -0.3 is 15.4 Å². The first-order valence-corrected chi connectivity index (χ1v) is 6.18. The number of pyridine rings is 1. The third-order valence-corrected chi connectivity index (χ3v) is 3.02. The van der Waals surface area contributed by atoms with E-state index < -0.39 is 0 Å². The second-order valence-electron chi connectivity index (χ2n) is 4.49. The van der Waals surface area contributed by atoms with Gasteiger partial charge in [0.05, 0.1) is 5.52 Å². The molecule has 0 bridgehead atoms. The first kappa shape index (κ1) is 12.6. The first-order valence-electron chi connectivity index (χ1n) is 6.18. The highest BCUT2D eigenvalue weighted by Crippen LogP contribution is 2.27. The third-order valence-electron chi connectivity index (χ3n) is 3.02. The lowest BCUT2D eigenvalue weighted by Gasteiger charge is -2.09. The Bertz CT molecular complexity index is 617. The summed E-state index contributed by atoms with van der Waals surface area (Å²) in [7, 11) is 0. The van der Waals surface area contributed by atoms with Crippen LogP contribution in [0, 0.1) is 6.92 Å². The molecule has 18 heavy (non-hydrogen) atoms. The van der Waals surface area contributed by atoms with Gasteiger partial charge in [0.1, 0.15) is 5.75 Å². The first-order chi connectivity index (χ1) is 8.63. The number of hydrogen-bond donors (Lipinski definition) is 3. The average Bonchev–Trinajstić information content (AvgIpc) is 2.33. The summed E-state index contributed by atoms with van der Waals surface area (Å²) in [6.07, 6.45) is 1.05. The Balaban J connectivity index is 2.46. The minimum Gasteiger partial charge on any atom is -0.505 e.